The highest BCUT2D eigenvalue weighted by molar-refractivity contribution is 6.05. The minimum absolute atomic E-state index is 0. The van der Waals surface area contributed by atoms with Crippen molar-refractivity contribution in [2.75, 3.05) is 0 Å². The molecule has 2 rings (SSSR count). The van der Waals surface area contributed by atoms with E-state index in [9.17, 15) is 14.4 Å². The fourth-order valence-electron chi connectivity index (χ4n) is 2.46. The van der Waals surface area contributed by atoms with Crippen LogP contribution in [0.1, 0.15) is 13.3 Å². The molecule has 1 aliphatic rings. The topological polar surface area (TPSA) is 105 Å². The summed E-state index contributed by atoms with van der Waals surface area (Å²) in [5, 5.41) is 9.14. The lowest BCUT2D eigenvalue weighted by Gasteiger charge is -2.19. The van der Waals surface area contributed by atoms with Crippen molar-refractivity contribution in [1.29, 1.82) is 0 Å². The summed E-state index contributed by atoms with van der Waals surface area (Å²) in [6.07, 6.45) is 3.37. The van der Waals surface area contributed by atoms with Crippen LogP contribution >= 0.6 is 12.4 Å². The first-order valence-corrected chi connectivity index (χ1v) is 6.15. The van der Waals surface area contributed by atoms with Crippen LogP contribution in [0.5, 0.6) is 0 Å². The Morgan fingerprint density at radius 3 is 2.36 bits per heavy atom. The Hall–Kier alpha value is -1.70. The normalized spacial score (nSPS) is 23.5. The second kappa shape index (κ2) is 7.53. The molecule has 122 valence electrons. The number of aliphatic carboxylic acids is 1. The van der Waals surface area contributed by atoms with E-state index in [-0.39, 0.29) is 37.8 Å². The quantitative estimate of drug-likeness (QED) is 0.547. The van der Waals surface area contributed by atoms with Gasteiger partial charge in [0, 0.05) is 25.5 Å². The first-order valence-electron chi connectivity index (χ1n) is 6.15. The van der Waals surface area contributed by atoms with Gasteiger partial charge < -0.3 is 23.2 Å². The highest BCUT2D eigenvalue weighted by Gasteiger charge is 2.55. The SMILES string of the molecule is CC(=O)N1C(=O)C(N)(C[n+]2ccccc2)CC1C(=O)O.Cl.[Cl-]. The molecule has 9 heteroatoms. The van der Waals surface area contributed by atoms with Crippen LogP contribution in [0, 0.1) is 0 Å². The van der Waals surface area contributed by atoms with E-state index in [0.717, 1.165) is 11.8 Å². The summed E-state index contributed by atoms with van der Waals surface area (Å²) in [6.45, 7) is 1.29. The van der Waals surface area contributed by atoms with Gasteiger partial charge >= 0.3 is 5.97 Å². The van der Waals surface area contributed by atoms with Crippen LogP contribution in [0.4, 0.5) is 0 Å². The third-order valence-electron chi connectivity index (χ3n) is 3.38. The predicted molar refractivity (Wildman–Crippen MR) is 74.4 cm³/mol. The number of hydrogen-bond donors (Lipinski definition) is 2. The van der Waals surface area contributed by atoms with Gasteiger partial charge in [0.15, 0.2) is 24.5 Å². The zero-order valence-electron chi connectivity index (χ0n) is 11.8. The van der Waals surface area contributed by atoms with E-state index in [1.807, 2.05) is 6.07 Å². The van der Waals surface area contributed by atoms with E-state index < -0.39 is 29.4 Å². The molecule has 0 spiro atoms. The fraction of sp³-hybridized carbons (Fsp3) is 0.385. The van der Waals surface area contributed by atoms with Gasteiger partial charge in [0.05, 0.1) is 0 Å². The summed E-state index contributed by atoms with van der Waals surface area (Å²) in [7, 11) is 0. The molecule has 0 saturated carbocycles. The Morgan fingerprint density at radius 1 is 1.41 bits per heavy atom. The van der Waals surface area contributed by atoms with Crippen molar-refractivity contribution < 1.29 is 36.5 Å². The number of likely N-dealkylation sites (tertiary alicyclic amines) is 1. The number of carbonyl (C=O) groups is 3. The maximum atomic E-state index is 12.3. The molecule has 2 unspecified atom stereocenters. The van der Waals surface area contributed by atoms with Gasteiger partial charge in [-0.2, -0.15) is 0 Å². The van der Waals surface area contributed by atoms with Gasteiger partial charge in [-0.25, -0.2) is 9.36 Å². The van der Waals surface area contributed by atoms with Crippen LogP contribution in [-0.2, 0) is 20.9 Å². The number of nitrogens with zero attached hydrogens (tertiary/aromatic N) is 2. The molecule has 0 aliphatic carbocycles. The van der Waals surface area contributed by atoms with Crippen LogP contribution in [0.2, 0.25) is 0 Å². The number of carboxylic acid groups (broad SMARTS) is 1. The van der Waals surface area contributed by atoms with Crippen LogP contribution in [-0.4, -0.2) is 39.4 Å². The van der Waals surface area contributed by atoms with Gasteiger partial charge in [-0.3, -0.25) is 14.5 Å². The third-order valence-corrected chi connectivity index (χ3v) is 3.38. The van der Waals surface area contributed by atoms with Crippen molar-refractivity contribution in [2.24, 2.45) is 5.73 Å². The molecule has 2 atom stereocenters. The molecule has 22 heavy (non-hydrogen) atoms. The van der Waals surface area contributed by atoms with E-state index in [2.05, 4.69) is 0 Å². The summed E-state index contributed by atoms with van der Waals surface area (Å²) < 4.78 is 1.69. The predicted octanol–water partition coefficient (Wildman–Crippen LogP) is -3.67. The molecule has 3 N–H and O–H groups in total. The van der Waals surface area contributed by atoms with E-state index >= 15 is 0 Å². The molecule has 0 radical (unpaired) electrons. The standard InChI is InChI=1S/C13H15N3O4.2ClH/c1-9(17)16-10(11(18)19)7-13(14,12(16)20)8-15-5-3-2-4-6-15;;/h2-6,10H,7-8,14H2,1H3;2*1H. The van der Waals surface area contributed by atoms with Gasteiger partial charge in [-0.05, 0) is 0 Å². The number of pyridine rings is 1. The lowest BCUT2D eigenvalue weighted by Crippen LogP contribution is -3.00. The Morgan fingerprint density at radius 2 is 1.95 bits per heavy atom. The summed E-state index contributed by atoms with van der Waals surface area (Å²) in [5.41, 5.74) is 4.68. The molecule has 1 aromatic heterocycles. The second-order valence-electron chi connectivity index (χ2n) is 4.96. The zero-order valence-corrected chi connectivity index (χ0v) is 13.4. The minimum Gasteiger partial charge on any atom is -1.00 e. The smallest absolute Gasteiger partial charge is 0.327 e. The van der Waals surface area contributed by atoms with E-state index in [1.54, 1.807) is 29.1 Å². The average Bonchev–Trinajstić information content (AvgIpc) is 2.63. The van der Waals surface area contributed by atoms with Crippen molar-refractivity contribution in [3.8, 4) is 0 Å². The van der Waals surface area contributed by atoms with Crippen LogP contribution in [0.3, 0.4) is 0 Å². The molecule has 1 fully saturated rings. The Kier molecular flexibility index (Phi) is 6.95. The highest BCUT2D eigenvalue weighted by Crippen LogP contribution is 2.27. The van der Waals surface area contributed by atoms with Gasteiger partial charge in [0.1, 0.15) is 6.04 Å². The summed E-state index contributed by atoms with van der Waals surface area (Å²) in [5.74, 6) is -2.47. The molecule has 0 bridgehead atoms. The van der Waals surface area contributed by atoms with Crippen molar-refractivity contribution in [2.45, 2.75) is 31.5 Å². The van der Waals surface area contributed by atoms with E-state index in [4.69, 9.17) is 10.8 Å². The molecular formula is C13H17Cl2N3O4. The number of carboxylic acids is 1. The number of hydrogen-bond acceptors (Lipinski definition) is 4. The maximum Gasteiger partial charge on any atom is 0.327 e. The van der Waals surface area contributed by atoms with Gasteiger partial charge in [-0.15, -0.1) is 12.4 Å². The molecule has 1 aromatic rings. The third kappa shape index (κ3) is 3.73. The molecule has 2 amide bonds. The summed E-state index contributed by atoms with van der Waals surface area (Å²) in [4.78, 5) is 35.7. The fourth-order valence-corrected chi connectivity index (χ4v) is 2.46. The molecular weight excluding hydrogens is 333 g/mol. The summed E-state index contributed by atoms with van der Waals surface area (Å²) in [6, 6.07) is 4.17. The van der Waals surface area contributed by atoms with Gasteiger partial charge in [0.2, 0.25) is 5.91 Å². The lowest BCUT2D eigenvalue weighted by molar-refractivity contribution is -0.701. The maximum absolute atomic E-state index is 12.3. The number of aromatic nitrogens is 1. The first-order chi connectivity index (χ1) is 9.35. The van der Waals surface area contributed by atoms with Crippen molar-refractivity contribution >= 4 is 30.2 Å². The summed E-state index contributed by atoms with van der Waals surface area (Å²) >= 11 is 0. The van der Waals surface area contributed by atoms with Crippen molar-refractivity contribution in [1.82, 2.24) is 4.90 Å². The molecule has 7 nitrogen and oxygen atoms in total. The zero-order chi connectivity index (χ0) is 14.9. The number of rotatable bonds is 3. The van der Waals surface area contributed by atoms with E-state index in [1.165, 1.54) is 0 Å². The van der Waals surface area contributed by atoms with Crippen LogP contribution < -0.4 is 22.7 Å². The first kappa shape index (κ1) is 20.3. The molecule has 2 heterocycles. The van der Waals surface area contributed by atoms with E-state index in [0.29, 0.717) is 0 Å². The Balaban J connectivity index is 0.00000220. The number of imide groups is 1. The van der Waals surface area contributed by atoms with Gasteiger partial charge in [-0.1, -0.05) is 6.07 Å². The van der Waals surface area contributed by atoms with Crippen LogP contribution in [0.15, 0.2) is 30.6 Å². The van der Waals surface area contributed by atoms with Gasteiger partial charge in [0.25, 0.3) is 5.91 Å². The lowest BCUT2D eigenvalue weighted by atomic mass is 9.96. The van der Waals surface area contributed by atoms with Crippen LogP contribution in [0.25, 0.3) is 0 Å². The Labute approximate surface area is 139 Å². The van der Waals surface area contributed by atoms with Crippen molar-refractivity contribution in [3.63, 3.8) is 0 Å². The minimum atomic E-state index is -1.39. The number of halogens is 2. The number of carbonyl (C=O) groups excluding carboxylic acids is 2. The number of amides is 2. The largest absolute Gasteiger partial charge is 1.00 e. The molecule has 0 aromatic carbocycles. The molecule has 1 aliphatic heterocycles. The number of nitrogens with two attached hydrogens (primary N) is 1. The highest BCUT2D eigenvalue weighted by atomic mass is 35.5. The average molecular weight is 350 g/mol. The van der Waals surface area contributed by atoms with Crippen molar-refractivity contribution in [3.05, 3.63) is 30.6 Å². The monoisotopic (exact) mass is 349 g/mol. The second-order valence-corrected chi connectivity index (χ2v) is 4.96. The molecule has 1 saturated heterocycles. The Bertz CT molecular complexity index is 570.